The Balaban J connectivity index is 2.58. The van der Waals surface area contributed by atoms with Gasteiger partial charge < -0.3 is 18.7 Å². The highest BCUT2D eigenvalue weighted by molar-refractivity contribution is 6.74. The van der Waals surface area contributed by atoms with E-state index in [2.05, 4.69) is 33.9 Å². The zero-order valence-electron chi connectivity index (χ0n) is 13.3. The maximum atomic E-state index is 11.3. The zero-order chi connectivity index (χ0) is 14.9. The van der Waals surface area contributed by atoms with E-state index in [9.17, 15) is 4.79 Å². The largest absolute Gasteiger partial charge is 0.407 e. The summed E-state index contributed by atoms with van der Waals surface area (Å²) in [7, 11) is -1.92. The zero-order valence-corrected chi connectivity index (χ0v) is 14.3. The fourth-order valence-corrected chi connectivity index (χ4v) is 3.09. The molecule has 0 radical (unpaired) electrons. The van der Waals surface area contributed by atoms with E-state index in [0.717, 1.165) is 6.29 Å². The Morgan fingerprint density at radius 3 is 2.37 bits per heavy atom. The molecule has 0 saturated carbocycles. The van der Waals surface area contributed by atoms with Crippen molar-refractivity contribution in [2.75, 3.05) is 6.61 Å². The maximum Gasteiger partial charge on any atom is 0.193 e. The maximum absolute atomic E-state index is 11.3. The number of aldehydes is 1. The summed E-state index contributed by atoms with van der Waals surface area (Å²) in [4.78, 5) is 11.3. The van der Waals surface area contributed by atoms with E-state index in [1.54, 1.807) is 0 Å². The van der Waals surface area contributed by atoms with E-state index in [1.807, 2.05) is 13.8 Å². The van der Waals surface area contributed by atoms with Gasteiger partial charge in [0.25, 0.3) is 0 Å². The molecule has 4 nitrogen and oxygen atoms in total. The molecule has 0 spiro atoms. The molecule has 1 fully saturated rings. The lowest BCUT2D eigenvalue weighted by Gasteiger charge is -2.38. The third kappa shape index (κ3) is 4.67. The van der Waals surface area contributed by atoms with Crippen LogP contribution in [0.4, 0.5) is 0 Å². The van der Waals surface area contributed by atoms with Gasteiger partial charge in [-0.05, 0) is 32.0 Å². The summed E-state index contributed by atoms with van der Waals surface area (Å²) in [6.45, 7) is 15.1. The first-order chi connectivity index (χ1) is 8.47. The molecule has 0 bridgehead atoms. The predicted octanol–water partition coefficient (Wildman–Crippen LogP) is 3.12. The Bertz CT molecular complexity index is 320. The van der Waals surface area contributed by atoms with Crippen molar-refractivity contribution >= 4 is 14.6 Å². The van der Waals surface area contributed by atoms with Crippen LogP contribution in [0.25, 0.3) is 0 Å². The average molecular weight is 288 g/mol. The number of hydrogen-bond donors (Lipinski definition) is 0. The second-order valence-corrected chi connectivity index (χ2v) is 12.0. The lowest BCUT2D eigenvalue weighted by molar-refractivity contribution is -0.142. The number of ether oxygens (including phenoxy) is 2. The van der Waals surface area contributed by atoms with Crippen LogP contribution in [0, 0.1) is 0 Å². The highest BCUT2D eigenvalue weighted by Gasteiger charge is 2.41. The van der Waals surface area contributed by atoms with Gasteiger partial charge in [-0.1, -0.05) is 20.8 Å². The van der Waals surface area contributed by atoms with Gasteiger partial charge in [0.1, 0.15) is 12.4 Å². The molecule has 19 heavy (non-hydrogen) atoms. The van der Waals surface area contributed by atoms with Crippen molar-refractivity contribution in [3.05, 3.63) is 0 Å². The molecule has 0 aliphatic carbocycles. The third-order valence-electron chi connectivity index (χ3n) is 3.97. The smallest absolute Gasteiger partial charge is 0.193 e. The Labute approximate surface area is 117 Å². The monoisotopic (exact) mass is 288 g/mol. The molecule has 1 aliphatic rings. The molecule has 0 aromatic rings. The van der Waals surface area contributed by atoms with E-state index < -0.39 is 20.2 Å². The van der Waals surface area contributed by atoms with Crippen LogP contribution >= 0.6 is 0 Å². The van der Waals surface area contributed by atoms with E-state index in [0.29, 0.717) is 13.0 Å². The summed E-state index contributed by atoms with van der Waals surface area (Å²) < 4.78 is 17.4. The van der Waals surface area contributed by atoms with Crippen LogP contribution in [0.5, 0.6) is 0 Å². The molecule has 0 aromatic heterocycles. The molecule has 0 unspecified atom stereocenters. The number of carbonyl (C=O) groups excluding carboxylic acids is 1. The quantitative estimate of drug-likeness (QED) is 0.576. The molecule has 2 atom stereocenters. The molecular formula is C14H28O4Si. The molecule has 1 saturated heterocycles. The van der Waals surface area contributed by atoms with E-state index >= 15 is 0 Å². The minimum absolute atomic E-state index is 0.0602. The molecule has 1 aliphatic heterocycles. The SMILES string of the molecule is CC1(C)OC[C@H](C[C@@H](C=O)O[Si](C)(C)C(C)(C)C)O1. The molecular weight excluding hydrogens is 260 g/mol. The summed E-state index contributed by atoms with van der Waals surface area (Å²) in [5.41, 5.74) is 0. The number of carbonyl (C=O) groups is 1. The molecule has 0 aromatic carbocycles. The van der Waals surface area contributed by atoms with Crippen molar-refractivity contribution in [2.45, 2.75) is 77.2 Å². The van der Waals surface area contributed by atoms with Crippen LogP contribution in [0.15, 0.2) is 0 Å². The standard InChI is InChI=1S/C14H28O4Si/c1-13(2,3)19(6,7)18-11(9-15)8-12-10-16-14(4,5)17-12/h9,11-12H,8,10H2,1-7H3/t11-,12-/m0/s1. The van der Waals surface area contributed by atoms with Gasteiger partial charge in [-0.15, -0.1) is 0 Å². The highest BCUT2D eigenvalue weighted by Crippen LogP contribution is 2.38. The fourth-order valence-electron chi connectivity index (χ4n) is 1.82. The van der Waals surface area contributed by atoms with Crippen LogP contribution in [-0.4, -0.2) is 39.2 Å². The summed E-state index contributed by atoms with van der Waals surface area (Å²) in [5, 5.41) is 0.0978. The lowest BCUT2D eigenvalue weighted by atomic mass is 10.2. The second-order valence-electron chi connectivity index (χ2n) is 7.24. The normalized spacial score (nSPS) is 25.3. The Morgan fingerprint density at radius 1 is 1.42 bits per heavy atom. The summed E-state index contributed by atoms with van der Waals surface area (Å²) in [6, 6.07) is 0. The van der Waals surface area contributed by atoms with Crippen LogP contribution in [0.3, 0.4) is 0 Å². The van der Waals surface area contributed by atoms with Gasteiger partial charge >= 0.3 is 0 Å². The summed E-state index contributed by atoms with van der Waals surface area (Å²) >= 11 is 0. The van der Waals surface area contributed by atoms with E-state index in [-0.39, 0.29) is 11.1 Å². The van der Waals surface area contributed by atoms with Crippen molar-refractivity contribution in [3.8, 4) is 0 Å². The molecule has 0 N–H and O–H groups in total. The van der Waals surface area contributed by atoms with Crippen molar-refractivity contribution in [3.63, 3.8) is 0 Å². The van der Waals surface area contributed by atoms with Gasteiger partial charge in [-0.25, -0.2) is 0 Å². The number of rotatable bonds is 5. The van der Waals surface area contributed by atoms with Crippen LogP contribution in [0.1, 0.15) is 41.0 Å². The average Bonchev–Trinajstić information content (AvgIpc) is 2.55. The van der Waals surface area contributed by atoms with Gasteiger partial charge in [0.15, 0.2) is 14.1 Å². The van der Waals surface area contributed by atoms with Gasteiger partial charge in [-0.2, -0.15) is 0 Å². The summed E-state index contributed by atoms with van der Waals surface area (Å²) in [5.74, 6) is -0.547. The van der Waals surface area contributed by atoms with Gasteiger partial charge in [-0.3, -0.25) is 0 Å². The minimum Gasteiger partial charge on any atom is -0.407 e. The Morgan fingerprint density at radius 2 is 2.00 bits per heavy atom. The van der Waals surface area contributed by atoms with Crippen molar-refractivity contribution < 1.29 is 18.7 Å². The van der Waals surface area contributed by atoms with Crippen molar-refractivity contribution in [1.82, 2.24) is 0 Å². The fraction of sp³-hybridized carbons (Fsp3) is 0.929. The second kappa shape index (κ2) is 5.64. The Hall–Kier alpha value is -0.233. The molecule has 0 amide bonds. The predicted molar refractivity (Wildman–Crippen MR) is 77.7 cm³/mol. The van der Waals surface area contributed by atoms with E-state index in [4.69, 9.17) is 13.9 Å². The Kier molecular flexibility index (Phi) is 4.99. The third-order valence-corrected chi connectivity index (χ3v) is 8.47. The van der Waals surface area contributed by atoms with E-state index in [1.165, 1.54) is 0 Å². The minimum atomic E-state index is -1.92. The lowest BCUT2D eigenvalue weighted by Crippen LogP contribution is -2.45. The molecule has 5 heteroatoms. The van der Waals surface area contributed by atoms with Crippen molar-refractivity contribution in [2.24, 2.45) is 0 Å². The van der Waals surface area contributed by atoms with Crippen LogP contribution in [-0.2, 0) is 18.7 Å². The first-order valence-electron chi connectivity index (χ1n) is 6.92. The van der Waals surface area contributed by atoms with Gasteiger partial charge in [0.05, 0.1) is 12.7 Å². The molecule has 1 heterocycles. The highest BCUT2D eigenvalue weighted by atomic mass is 28.4. The molecule has 1 rings (SSSR count). The van der Waals surface area contributed by atoms with Gasteiger partial charge in [0.2, 0.25) is 0 Å². The first-order valence-corrected chi connectivity index (χ1v) is 9.82. The topological polar surface area (TPSA) is 44.8 Å². The summed E-state index contributed by atoms with van der Waals surface area (Å²) in [6.07, 6.45) is 1.01. The van der Waals surface area contributed by atoms with Gasteiger partial charge in [0, 0.05) is 6.42 Å². The van der Waals surface area contributed by atoms with Crippen LogP contribution in [0.2, 0.25) is 18.1 Å². The first kappa shape index (κ1) is 16.8. The molecule has 112 valence electrons. The van der Waals surface area contributed by atoms with Crippen molar-refractivity contribution in [1.29, 1.82) is 0 Å². The van der Waals surface area contributed by atoms with Crippen LogP contribution < -0.4 is 0 Å². The number of hydrogen-bond acceptors (Lipinski definition) is 4.